The number of anilines is 1. The zero-order valence-electron chi connectivity index (χ0n) is 32.9. The number of rotatable bonds is 13. The second kappa shape index (κ2) is 18.3. The molecule has 1 fully saturated rings. The van der Waals surface area contributed by atoms with Crippen LogP contribution in [0.25, 0.3) is 0 Å². The lowest BCUT2D eigenvalue weighted by molar-refractivity contribution is -0.0458. The summed E-state index contributed by atoms with van der Waals surface area (Å²) < 4.78 is 24.1. The van der Waals surface area contributed by atoms with Crippen LogP contribution < -0.4 is 25.2 Å². The van der Waals surface area contributed by atoms with Crippen molar-refractivity contribution in [3.05, 3.63) is 220 Å². The van der Waals surface area contributed by atoms with Gasteiger partial charge in [0.15, 0.2) is 0 Å². The molecule has 3 N–H and O–H groups in total. The Labute approximate surface area is 355 Å². The molecule has 0 bridgehead atoms. The molecule has 1 aliphatic heterocycles. The number of hydrogen-bond acceptors (Lipinski definition) is 12. The highest BCUT2D eigenvalue weighted by molar-refractivity contribution is 5.92. The van der Waals surface area contributed by atoms with Gasteiger partial charge in [-0.2, -0.15) is 4.98 Å². The fourth-order valence-corrected chi connectivity index (χ4v) is 7.20. The van der Waals surface area contributed by atoms with Crippen LogP contribution in [0.4, 0.5) is 5.82 Å². The third kappa shape index (κ3) is 8.90. The van der Waals surface area contributed by atoms with Crippen molar-refractivity contribution >= 4 is 23.7 Å². The molecule has 7 aromatic rings. The molecule has 13 nitrogen and oxygen atoms in total. The van der Waals surface area contributed by atoms with Gasteiger partial charge in [0.1, 0.15) is 40.9 Å². The summed E-state index contributed by atoms with van der Waals surface area (Å²) in [6.07, 6.45) is -1.11. The summed E-state index contributed by atoms with van der Waals surface area (Å²) in [5, 5.41) is 23.5. The summed E-state index contributed by atoms with van der Waals surface area (Å²) >= 11 is 0. The molecule has 6 aromatic carbocycles. The van der Waals surface area contributed by atoms with Crippen molar-refractivity contribution in [3.8, 4) is 17.2 Å². The maximum atomic E-state index is 13.7. The molecule has 3 atom stereocenters. The first-order valence-corrected chi connectivity index (χ1v) is 19.7. The lowest BCUT2D eigenvalue weighted by Crippen LogP contribution is -2.39. The van der Waals surface area contributed by atoms with E-state index in [9.17, 15) is 29.4 Å². The Hall–Kier alpha value is -7.71. The standard InChI is InChI=1S/C49H39N3O10/c53-31-42-41(54)30-44(62-42)52-29-28-43(50-48(52)58)51-49(35-16-22-38(23-17-35)59-45(55)32-10-4-1-5-11-32,36-18-24-39(25-19-36)60-46(56)33-12-6-2-7-13-33)37-20-26-40(27-21-37)61-47(57)34-14-8-3-9-15-34/h1-29,41-42,44,53-54H,30-31H2,(H,50,51,58). The maximum Gasteiger partial charge on any atom is 0.351 e. The fraction of sp³-hybridized carbons (Fsp3) is 0.122. The predicted octanol–water partition coefficient (Wildman–Crippen LogP) is 6.95. The highest BCUT2D eigenvalue weighted by atomic mass is 16.6. The van der Waals surface area contributed by atoms with Gasteiger partial charge < -0.3 is 34.5 Å². The molecule has 0 aliphatic carbocycles. The van der Waals surface area contributed by atoms with Crippen molar-refractivity contribution in [3.63, 3.8) is 0 Å². The van der Waals surface area contributed by atoms with Crippen molar-refractivity contribution in [1.82, 2.24) is 9.55 Å². The van der Waals surface area contributed by atoms with Gasteiger partial charge in [0, 0.05) is 12.6 Å². The molecule has 1 saturated heterocycles. The predicted molar refractivity (Wildman–Crippen MR) is 227 cm³/mol. The Morgan fingerprint density at radius 3 is 1.34 bits per heavy atom. The Morgan fingerprint density at radius 1 is 0.613 bits per heavy atom. The van der Waals surface area contributed by atoms with E-state index in [2.05, 4.69) is 10.3 Å². The molecule has 62 heavy (non-hydrogen) atoms. The van der Waals surface area contributed by atoms with Gasteiger partial charge in [-0.15, -0.1) is 0 Å². The first-order chi connectivity index (χ1) is 30.2. The summed E-state index contributed by atoms with van der Waals surface area (Å²) in [7, 11) is 0. The zero-order valence-corrected chi connectivity index (χ0v) is 32.9. The van der Waals surface area contributed by atoms with Crippen LogP contribution >= 0.6 is 0 Å². The fourth-order valence-electron chi connectivity index (χ4n) is 7.20. The molecule has 0 radical (unpaired) electrons. The molecule has 0 amide bonds. The topological polar surface area (TPSA) is 176 Å². The van der Waals surface area contributed by atoms with Gasteiger partial charge in [-0.3, -0.25) is 4.57 Å². The maximum absolute atomic E-state index is 13.7. The Morgan fingerprint density at radius 2 is 1.00 bits per heavy atom. The molecule has 310 valence electrons. The summed E-state index contributed by atoms with van der Waals surface area (Å²) in [6, 6.07) is 47.8. The van der Waals surface area contributed by atoms with Gasteiger partial charge >= 0.3 is 23.6 Å². The molecular formula is C49H39N3O10. The number of nitrogens with one attached hydrogen (secondary N) is 1. The van der Waals surface area contributed by atoms with E-state index >= 15 is 0 Å². The molecule has 13 heteroatoms. The van der Waals surface area contributed by atoms with Crippen LogP contribution in [-0.4, -0.2) is 56.5 Å². The third-order valence-corrected chi connectivity index (χ3v) is 10.4. The van der Waals surface area contributed by atoms with Crippen LogP contribution in [-0.2, 0) is 10.3 Å². The van der Waals surface area contributed by atoms with Crippen molar-refractivity contribution in [2.75, 3.05) is 11.9 Å². The van der Waals surface area contributed by atoms with Gasteiger partial charge in [0.05, 0.1) is 29.4 Å². The smallest absolute Gasteiger partial charge is 0.351 e. The minimum atomic E-state index is -1.39. The first kappa shape index (κ1) is 41.0. The Balaban J connectivity index is 1.21. The van der Waals surface area contributed by atoms with Crippen LogP contribution in [0.1, 0.15) is 60.4 Å². The number of aromatic nitrogens is 2. The number of ether oxygens (including phenoxy) is 4. The van der Waals surface area contributed by atoms with E-state index in [0.29, 0.717) is 33.4 Å². The molecule has 1 aliphatic rings. The number of carbonyl (C=O) groups excluding carboxylic acids is 3. The monoisotopic (exact) mass is 829 g/mol. The summed E-state index contributed by atoms with van der Waals surface area (Å²) in [5.74, 6) is -0.689. The first-order valence-electron chi connectivity index (χ1n) is 19.7. The van der Waals surface area contributed by atoms with Crippen molar-refractivity contribution in [1.29, 1.82) is 0 Å². The van der Waals surface area contributed by atoms with E-state index in [4.69, 9.17) is 18.9 Å². The van der Waals surface area contributed by atoms with E-state index in [1.54, 1.807) is 170 Å². The molecule has 8 rings (SSSR count). The third-order valence-electron chi connectivity index (χ3n) is 10.4. The van der Waals surface area contributed by atoms with E-state index in [-0.39, 0.29) is 29.5 Å². The van der Waals surface area contributed by atoms with E-state index in [1.807, 2.05) is 0 Å². The number of carbonyl (C=O) groups is 3. The number of aliphatic hydroxyl groups excluding tert-OH is 2. The Bertz CT molecular complexity index is 2480. The van der Waals surface area contributed by atoms with Crippen LogP contribution in [0.15, 0.2) is 181 Å². The average molecular weight is 830 g/mol. The van der Waals surface area contributed by atoms with Crippen molar-refractivity contribution in [2.45, 2.75) is 30.4 Å². The largest absolute Gasteiger partial charge is 0.423 e. The second-order valence-corrected chi connectivity index (χ2v) is 14.3. The normalized spacial score (nSPS) is 15.9. The second-order valence-electron chi connectivity index (χ2n) is 14.3. The molecule has 0 spiro atoms. The molecule has 1 aromatic heterocycles. The quantitative estimate of drug-likeness (QED) is 0.0621. The summed E-state index contributed by atoms with van der Waals surface area (Å²) in [4.78, 5) is 57.1. The highest BCUT2D eigenvalue weighted by Crippen LogP contribution is 2.42. The van der Waals surface area contributed by atoms with Gasteiger partial charge in [-0.05, 0) is 95.6 Å². The zero-order chi connectivity index (χ0) is 43.1. The lowest BCUT2D eigenvalue weighted by atomic mass is 9.77. The lowest BCUT2D eigenvalue weighted by Gasteiger charge is -2.37. The van der Waals surface area contributed by atoms with Crippen LogP contribution in [0.3, 0.4) is 0 Å². The highest BCUT2D eigenvalue weighted by Gasteiger charge is 2.39. The molecule has 0 saturated carbocycles. The van der Waals surface area contributed by atoms with Gasteiger partial charge in [0.25, 0.3) is 0 Å². The summed E-state index contributed by atoms with van der Waals surface area (Å²) in [5.41, 5.74) is 0.836. The molecule has 3 unspecified atom stereocenters. The van der Waals surface area contributed by atoms with Crippen LogP contribution in [0.5, 0.6) is 17.2 Å². The number of hydrogen-bond donors (Lipinski definition) is 3. The van der Waals surface area contributed by atoms with Gasteiger partial charge in [-0.25, -0.2) is 19.2 Å². The SMILES string of the molecule is O=C(Oc1ccc(C(Nc2ccn(C3CC(O)C(CO)O3)c(=O)n2)(c2ccc(OC(=O)c3ccccc3)cc2)c2ccc(OC(=O)c3ccccc3)cc2)cc1)c1ccccc1. The van der Waals surface area contributed by atoms with Crippen molar-refractivity contribution in [2.24, 2.45) is 0 Å². The van der Waals surface area contributed by atoms with Crippen LogP contribution in [0.2, 0.25) is 0 Å². The Kier molecular flexibility index (Phi) is 12.1. The average Bonchev–Trinajstić information content (AvgIpc) is 3.69. The van der Waals surface area contributed by atoms with Crippen molar-refractivity contribution < 1.29 is 43.5 Å². The molecule has 2 heterocycles. The van der Waals surface area contributed by atoms with E-state index < -0.39 is 54.2 Å². The number of aliphatic hydroxyl groups is 2. The van der Waals surface area contributed by atoms with Crippen LogP contribution in [0, 0.1) is 0 Å². The summed E-state index contributed by atoms with van der Waals surface area (Å²) in [6.45, 7) is -0.416. The number of benzene rings is 6. The van der Waals surface area contributed by atoms with Gasteiger partial charge in [-0.1, -0.05) is 91.0 Å². The van der Waals surface area contributed by atoms with E-state index in [0.717, 1.165) is 0 Å². The van der Waals surface area contributed by atoms with Gasteiger partial charge in [0.2, 0.25) is 0 Å². The number of esters is 3. The number of nitrogens with zero attached hydrogens (tertiary/aromatic N) is 2. The minimum absolute atomic E-state index is 0.0765. The molecular weight excluding hydrogens is 791 g/mol. The minimum Gasteiger partial charge on any atom is -0.423 e. The van der Waals surface area contributed by atoms with E-state index in [1.165, 1.54) is 10.8 Å².